The first-order valence-corrected chi connectivity index (χ1v) is 14.0. The molecule has 0 heterocycles. The highest BCUT2D eigenvalue weighted by Gasteiger charge is 2.45. The summed E-state index contributed by atoms with van der Waals surface area (Å²) in [6, 6.07) is 19.3. The number of carbonyl (C=O) groups excluding carboxylic acids is 1. The summed E-state index contributed by atoms with van der Waals surface area (Å²) < 4.78 is 42.8. The Bertz CT molecular complexity index is 827. The lowest BCUT2D eigenvalue weighted by Gasteiger charge is -2.35. The standard InChI is InChI=1S/C24H32IO7P/c1-3-31-33(27,32-4-2)23(15-25)24(29-17-21-13-9-6-10-14-21)22(30-19-26)18-28-16-20-11-7-5-8-12-20/h5-14,19,22-24H,3-4,15-18H2,1-2H3/t22-,23+,24-/m1/s1. The van der Waals surface area contributed by atoms with Crippen LogP contribution >= 0.6 is 30.2 Å². The van der Waals surface area contributed by atoms with Crippen LogP contribution in [-0.4, -0.2) is 48.6 Å². The molecule has 182 valence electrons. The summed E-state index contributed by atoms with van der Waals surface area (Å²) in [6.45, 7) is 4.99. The zero-order valence-electron chi connectivity index (χ0n) is 19.0. The van der Waals surface area contributed by atoms with E-state index in [1.54, 1.807) is 13.8 Å². The molecule has 0 saturated heterocycles. The highest BCUT2D eigenvalue weighted by atomic mass is 127. The van der Waals surface area contributed by atoms with Gasteiger partial charge in [-0.1, -0.05) is 83.3 Å². The molecule has 2 aromatic rings. The Morgan fingerprint density at radius 3 is 1.94 bits per heavy atom. The SMILES string of the molecule is CCOP(=O)(OCC)[C@@H](CI)[C@H](OCc1ccccc1)[C@@H](COCc1ccccc1)OC=O. The number of ether oxygens (including phenoxy) is 3. The summed E-state index contributed by atoms with van der Waals surface area (Å²) in [5, 5.41) is 0. The van der Waals surface area contributed by atoms with E-state index in [0.717, 1.165) is 11.1 Å². The van der Waals surface area contributed by atoms with Gasteiger partial charge in [0.15, 0.2) is 6.10 Å². The quantitative estimate of drug-likeness (QED) is 0.106. The van der Waals surface area contributed by atoms with Crippen LogP contribution in [0.2, 0.25) is 0 Å². The predicted molar refractivity (Wildman–Crippen MR) is 136 cm³/mol. The molecule has 0 aliphatic rings. The van der Waals surface area contributed by atoms with Gasteiger partial charge in [-0.15, -0.1) is 0 Å². The van der Waals surface area contributed by atoms with Gasteiger partial charge >= 0.3 is 7.60 Å². The minimum atomic E-state index is -3.56. The van der Waals surface area contributed by atoms with E-state index in [-0.39, 0.29) is 26.4 Å². The van der Waals surface area contributed by atoms with E-state index in [1.807, 2.05) is 60.7 Å². The van der Waals surface area contributed by atoms with Crippen LogP contribution in [0.15, 0.2) is 60.7 Å². The van der Waals surface area contributed by atoms with E-state index in [9.17, 15) is 9.36 Å². The van der Waals surface area contributed by atoms with Gasteiger partial charge < -0.3 is 23.3 Å². The molecule has 3 atom stereocenters. The van der Waals surface area contributed by atoms with Crippen molar-refractivity contribution in [2.24, 2.45) is 0 Å². The van der Waals surface area contributed by atoms with Crippen molar-refractivity contribution in [3.63, 3.8) is 0 Å². The minimum absolute atomic E-state index is 0.0679. The van der Waals surface area contributed by atoms with Gasteiger partial charge in [-0.3, -0.25) is 9.36 Å². The maximum absolute atomic E-state index is 13.7. The van der Waals surface area contributed by atoms with Crippen LogP contribution in [-0.2, 0) is 45.8 Å². The number of alkyl halides is 1. The van der Waals surface area contributed by atoms with Crippen LogP contribution < -0.4 is 0 Å². The normalized spacial score (nSPS) is 14.4. The van der Waals surface area contributed by atoms with Gasteiger partial charge in [0.25, 0.3) is 6.47 Å². The average molecular weight is 590 g/mol. The van der Waals surface area contributed by atoms with Gasteiger partial charge in [0.1, 0.15) is 11.8 Å². The summed E-state index contributed by atoms with van der Waals surface area (Å²) in [4.78, 5) is 11.4. The zero-order valence-corrected chi connectivity index (χ0v) is 22.1. The number of halogens is 1. The molecule has 0 aromatic heterocycles. The fraction of sp³-hybridized carbons (Fsp3) is 0.458. The molecular formula is C24H32IO7P. The van der Waals surface area contributed by atoms with Crippen LogP contribution in [0, 0.1) is 0 Å². The summed E-state index contributed by atoms with van der Waals surface area (Å²) >= 11 is 2.14. The average Bonchev–Trinajstić information content (AvgIpc) is 2.83. The molecule has 0 aliphatic carbocycles. The first-order valence-electron chi connectivity index (χ1n) is 10.9. The van der Waals surface area contributed by atoms with Crippen molar-refractivity contribution in [3.05, 3.63) is 71.8 Å². The topological polar surface area (TPSA) is 80.3 Å². The van der Waals surface area contributed by atoms with Gasteiger partial charge in [-0.2, -0.15) is 0 Å². The molecule has 0 spiro atoms. The monoisotopic (exact) mass is 590 g/mol. The lowest BCUT2D eigenvalue weighted by atomic mass is 10.1. The van der Waals surface area contributed by atoms with E-state index in [0.29, 0.717) is 17.5 Å². The molecule has 0 bridgehead atoms. The molecule has 0 unspecified atom stereocenters. The van der Waals surface area contributed by atoms with Crippen LogP contribution in [0.5, 0.6) is 0 Å². The Kier molecular flexibility index (Phi) is 13.2. The molecule has 9 heteroatoms. The molecule has 33 heavy (non-hydrogen) atoms. The van der Waals surface area contributed by atoms with Crippen molar-refractivity contribution in [1.29, 1.82) is 0 Å². The van der Waals surface area contributed by atoms with Crippen molar-refractivity contribution in [1.82, 2.24) is 0 Å². The molecule has 0 N–H and O–H groups in total. The summed E-state index contributed by atoms with van der Waals surface area (Å²) in [5.74, 6) is 0. The lowest BCUT2D eigenvalue weighted by Crippen LogP contribution is -2.45. The summed E-state index contributed by atoms with van der Waals surface area (Å²) in [5.41, 5.74) is 1.27. The Morgan fingerprint density at radius 2 is 1.45 bits per heavy atom. The van der Waals surface area contributed by atoms with Gasteiger partial charge in [0.05, 0.1) is 33.0 Å². The lowest BCUT2D eigenvalue weighted by molar-refractivity contribution is -0.150. The maximum atomic E-state index is 13.7. The molecule has 0 amide bonds. The number of benzene rings is 2. The largest absolute Gasteiger partial charge is 0.459 e. The highest BCUT2D eigenvalue weighted by Crippen LogP contribution is 2.55. The predicted octanol–water partition coefficient (Wildman–Crippen LogP) is 5.40. The molecule has 0 aliphatic heterocycles. The maximum Gasteiger partial charge on any atom is 0.337 e. The van der Waals surface area contributed by atoms with E-state index >= 15 is 0 Å². The van der Waals surface area contributed by atoms with Crippen LogP contribution in [0.25, 0.3) is 0 Å². The van der Waals surface area contributed by atoms with Crippen LogP contribution in [0.4, 0.5) is 0 Å². The van der Waals surface area contributed by atoms with E-state index in [4.69, 9.17) is 23.3 Å². The molecule has 2 rings (SSSR count). The van der Waals surface area contributed by atoms with Crippen LogP contribution in [0.3, 0.4) is 0 Å². The molecule has 0 saturated carbocycles. The summed E-state index contributed by atoms with van der Waals surface area (Å²) in [6.07, 6.45) is -1.57. The van der Waals surface area contributed by atoms with Crippen molar-refractivity contribution in [2.75, 3.05) is 24.2 Å². The van der Waals surface area contributed by atoms with Gasteiger partial charge in [-0.25, -0.2) is 0 Å². The molecular weight excluding hydrogens is 558 g/mol. The Morgan fingerprint density at radius 1 is 0.909 bits per heavy atom. The highest BCUT2D eigenvalue weighted by molar-refractivity contribution is 14.1. The van der Waals surface area contributed by atoms with E-state index < -0.39 is 25.5 Å². The van der Waals surface area contributed by atoms with E-state index in [1.165, 1.54) is 0 Å². The number of hydrogen-bond acceptors (Lipinski definition) is 7. The summed E-state index contributed by atoms with van der Waals surface area (Å²) in [7, 11) is -3.56. The number of hydrogen-bond donors (Lipinski definition) is 0. The Labute approximate surface area is 209 Å². The second-order valence-corrected chi connectivity index (χ2v) is 10.3. The second-order valence-electron chi connectivity index (χ2n) is 7.13. The first-order chi connectivity index (χ1) is 16.1. The number of carbonyl (C=O) groups is 1. The van der Waals surface area contributed by atoms with Crippen molar-refractivity contribution in [3.8, 4) is 0 Å². The van der Waals surface area contributed by atoms with Crippen LogP contribution in [0.1, 0.15) is 25.0 Å². The van der Waals surface area contributed by atoms with E-state index in [2.05, 4.69) is 22.6 Å². The molecule has 2 aromatic carbocycles. The van der Waals surface area contributed by atoms with Gasteiger partial charge in [-0.05, 0) is 25.0 Å². The van der Waals surface area contributed by atoms with Gasteiger partial charge in [0, 0.05) is 4.43 Å². The molecule has 0 fully saturated rings. The first kappa shape index (κ1) is 28.0. The third-order valence-corrected chi connectivity index (χ3v) is 9.01. The molecule has 7 nitrogen and oxygen atoms in total. The molecule has 0 radical (unpaired) electrons. The number of rotatable bonds is 17. The second kappa shape index (κ2) is 15.6. The smallest absolute Gasteiger partial charge is 0.337 e. The van der Waals surface area contributed by atoms with Crippen molar-refractivity contribution < 1.29 is 32.6 Å². The Balaban J connectivity index is 2.27. The van der Waals surface area contributed by atoms with Gasteiger partial charge in [0.2, 0.25) is 0 Å². The third-order valence-electron chi connectivity index (χ3n) is 4.84. The zero-order chi connectivity index (χ0) is 23.9. The minimum Gasteiger partial charge on any atom is -0.459 e. The van der Waals surface area contributed by atoms with Crippen molar-refractivity contribution >= 4 is 36.7 Å². The fourth-order valence-corrected chi connectivity index (χ4v) is 7.26. The van der Waals surface area contributed by atoms with Crippen molar-refractivity contribution in [2.45, 2.75) is 44.9 Å². The Hall–Kier alpha value is -1.29. The fourth-order valence-electron chi connectivity index (χ4n) is 3.32. The third kappa shape index (κ3) is 9.11.